The number of aromatic carboxylic acids is 1. The van der Waals surface area contributed by atoms with Gasteiger partial charge < -0.3 is 15.4 Å². The Bertz CT molecular complexity index is 676. The number of rotatable bonds is 4. The molecule has 0 aliphatic heterocycles. The highest BCUT2D eigenvalue weighted by Crippen LogP contribution is 2.13. The summed E-state index contributed by atoms with van der Waals surface area (Å²) >= 11 is 0. The highest BCUT2D eigenvalue weighted by atomic mass is 16.4. The minimum Gasteiger partial charge on any atom is -0.478 e. The Hall–Kier alpha value is -3.09. The van der Waals surface area contributed by atoms with Gasteiger partial charge in [0.1, 0.15) is 0 Å². The summed E-state index contributed by atoms with van der Waals surface area (Å²) in [4.78, 5) is 21.5. The lowest BCUT2D eigenvalue weighted by atomic mass is 10.2. The summed E-state index contributed by atoms with van der Waals surface area (Å²) in [5.41, 5.74) is 8.52. The average molecular weight is 272 g/mol. The lowest BCUT2D eigenvalue weighted by Gasteiger charge is -2.07. The number of primary amides is 1. The third kappa shape index (κ3) is 3.02. The van der Waals surface area contributed by atoms with E-state index in [1.54, 1.807) is 41.1 Å². The number of carboxylic acid groups (broad SMARTS) is 1. The Morgan fingerprint density at radius 1 is 1.30 bits per heavy atom. The van der Waals surface area contributed by atoms with Crippen LogP contribution in [0.15, 0.2) is 47.7 Å². The molecular weight excluding hydrogens is 260 g/mol. The lowest BCUT2D eigenvalue weighted by molar-refractivity contribution is 0.0697. The van der Waals surface area contributed by atoms with Gasteiger partial charge in [0.15, 0.2) is 0 Å². The Labute approximate surface area is 114 Å². The Balaban J connectivity index is 2.32. The highest BCUT2D eigenvalue weighted by molar-refractivity contribution is 5.88. The maximum atomic E-state index is 11.0. The van der Waals surface area contributed by atoms with E-state index in [2.05, 4.69) is 10.5 Å². The first-order valence-electron chi connectivity index (χ1n) is 5.67. The van der Waals surface area contributed by atoms with Crippen LogP contribution in [-0.2, 0) is 0 Å². The fourth-order valence-electron chi connectivity index (χ4n) is 1.69. The second-order valence-corrected chi connectivity index (χ2v) is 3.89. The molecule has 102 valence electrons. The van der Waals surface area contributed by atoms with Gasteiger partial charge in [-0.15, -0.1) is 0 Å². The first kappa shape index (κ1) is 13.3. The molecule has 20 heavy (non-hydrogen) atoms. The van der Waals surface area contributed by atoms with E-state index >= 15 is 0 Å². The van der Waals surface area contributed by atoms with Gasteiger partial charge in [-0.3, -0.25) is 0 Å². The Morgan fingerprint density at radius 3 is 2.80 bits per heavy atom. The molecule has 1 aromatic carbocycles. The van der Waals surface area contributed by atoms with Crippen LogP contribution in [0.25, 0.3) is 5.69 Å². The van der Waals surface area contributed by atoms with Crippen molar-refractivity contribution in [3.05, 3.63) is 53.9 Å². The van der Waals surface area contributed by atoms with E-state index in [0.29, 0.717) is 11.4 Å². The summed E-state index contributed by atoms with van der Waals surface area (Å²) in [6, 6.07) is 9.26. The summed E-state index contributed by atoms with van der Waals surface area (Å²) in [7, 11) is 0. The first-order valence-corrected chi connectivity index (χ1v) is 5.67. The number of urea groups is 1. The van der Waals surface area contributed by atoms with Crippen LogP contribution in [0.4, 0.5) is 4.79 Å². The molecular formula is C13H12N4O3. The van der Waals surface area contributed by atoms with E-state index in [1.807, 2.05) is 0 Å². The molecule has 0 aliphatic rings. The van der Waals surface area contributed by atoms with Crippen LogP contribution in [0.1, 0.15) is 16.1 Å². The molecule has 2 amide bonds. The number of carbonyl (C=O) groups is 2. The Kier molecular flexibility index (Phi) is 3.80. The SMILES string of the molecule is NC(=O)NN=Cc1cccn1-c1cccc(C(=O)O)c1. The molecule has 0 radical (unpaired) electrons. The molecule has 0 atom stereocenters. The highest BCUT2D eigenvalue weighted by Gasteiger charge is 2.06. The van der Waals surface area contributed by atoms with Crippen LogP contribution in [0.5, 0.6) is 0 Å². The zero-order valence-corrected chi connectivity index (χ0v) is 10.4. The van der Waals surface area contributed by atoms with Gasteiger partial charge in [-0.1, -0.05) is 6.07 Å². The van der Waals surface area contributed by atoms with Gasteiger partial charge in [0.05, 0.1) is 17.5 Å². The number of nitrogens with zero attached hydrogens (tertiary/aromatic N) is 2. The molecule has 1 aromatic heterocycles. The zero-order chi connectivity index (χ0) is 14.5. The fraction of sp³-hybridized carbons (Fsp3) is 0. The van der Waals surface area contributed by atoms with Crippen molar-refractivity contribution in [1.82, 2.24) is 9.99 Å². The minimum absolute atomic E-state index is 0.189. The number of carboxylic acids is 1. The van der Waals surface area contributed by atoms with Gasteiger partial charge in [0.2, 0.25) is 0 Å². The van der Waals surface area contributed by atoms with Gasteiger partial charge in [0, 0.05) is 11.9 Å². The number of hydrazone groups is 1. The number of benzene rings is 1. The largest absolute Gasteiger partial charge is 0.478 e. The van der Waals surface area contributed by atoms with E-state index in [-0.39, 0.29) is 5.56 Å². The molecule has 0 unspecified atom stereocenters. The Morgan fingerprint density at radius 2 is 2.10 bits per heavy atom. The maximum absolute atomic E-state index is 11.0. The quantitative estimate of drug-likeness (QED) is 0.574. The molecule has 0 spiro atoms. The van der Waals surface area contributed by atoms with Crippen molar-refractivity contribution in [2.24, 2.45) is 10.8 Å². The molecule has 0 fully saturated rings. The van der Waals surface area contributed by atoms with Gasteiger partial charge in [-0.05, 0) is 30.3 Å². The van der Waals surface area contributed by atoms with Crippen LogP contribution in [0.3, 0.4) is 0 Å². The monoisotopic (exact) mass is 272 g/mol. The van der Waals surface area contributed by atoms with Crippen LogP contribution in [0.2, 0.25) is 0 Å². The molecule has 0 saturated carbocycles. The maximum Gasteiger partial charge on any atom is 0.335 e. The van der Waals surface area contributed by atoms with Gasteiger partial charge >= 0.3 is 12.0 Å². The van der Waals surface area contributed by atoms with Crippen molar-refractivity contribution < 1.29 is 14.7 Å². The average Bonchev–Trinajstić information content (AvgIpc) is 2.87. The predicted molar refractivity (Wildman–Crippen MR) is 73.0 cm³/mol. The topological polar surface area (TPSA) is 110 Å². The van der Waals surface area contributed by atoms with E-state index < -0.39 is 12.0 Å². The van der Waals surface area contributed by atoms with E-state index in [4.69, 9.17) is 10.8 Å². The van der Waals surface area contributed by atoms with Crippen molar-refractivity contribution in [2.45, 2.75) is 0 Å². The van der Waals surface area contributed by atoms with Gasteiger partial charge in [-0.25, -0.2) is 15.0 Å². The van der Waals surface area contributed by atoms with Crippen LogP contribution < -0.4 is 11.2 Å². The molecule has 1 heterocycles. The summed E-state index contributed by atoms with van der Waals surface area (Å²) in [5, 5.41) is 12.7. The standard InChI is InChI=1S/C13H12N4O3/c14-13(20)16-15-8-11-5-2-6-17(11)10-4-1-3-9(7-10)12(18)19/h1-8H,(H,18,19)(H3,14,16,20). The smallest absolute Gasteiger partial charge is 0.335 e. The van der Waals surface area contributed by atoms with Gasteiger partial charge in [-0.2, -0.15) is 5.10 Å². The van der Waals surface area contributed by atoms with E-state index in [9.17, 15) is 9.59 Å². The molecule has 7 heteroatoms. The molecule has 0 bridgehead atoms. The van der Waals surface area contributed by atoms with Crippen molar-refractivity contribution >= 4 is 18.2 Å². The summed E-state index contributed by atoms with van der Waals surface area (Å²) in [5.74, 6) is -0.996. The third-order valence-corrected chi connectivity index (χ3v) is 2.52. The van der Waals surface area contributed by atoms with Crippen LogP contribution in [-0.4, -0.2) is 27.9 Å². The van der Waals surface area contributed by atoms with Crippen LogP contribution in [0, 0.1) is 0 Å². The number of hydrogen-bond acceptors (Lipinski definition) is 3. The third-order valence-electron chi connectivity index (χ3n) is 2.52. The number of nitrogens with one attached hydrogen (secondary N) is 1. The number of nitrogens with two attached hydrogens (primary N) is 1. The second kappa shape index (κ2) is 5.70. The molecule has 0 aliphatic carbocycles. The summed E-state index contributed by atoms with van der Waals surface area (Å²) in [6.45, 7) is 0. The number of carbonyl (C=O) groups excluding carboxylic acids is 1. The summed E-state index contributed by atoms with van der Waals surface area (Å²) in [6.07, 6.45) is 3.17. The summed E-state index contributed by atoms with van der Waals surface area (Å²) < 4.78 is 1.73. The number of hydrogen-bond donors (Lipinski definition) is 3. The van der Waals surface area contributed by atoms with Crippen molar-refractivity contribution in [3.8, 4) is 5.69 Å². The molecule has 2 aromatic rings. The molecule has 4 N–H and O–H groups in total. The van der Waals surface area contributed by atoms with Crippen molar-refractivity contribution in [3.63, 3.8) is 0 Å². The first-order chi connectivity index (χ1) is 9.58. The lowest BCUT2D eigenvalue weighted by Crippen LogP contribution is -2.24. The van der Waals surface area contributed by atoms with Gasteiger partial charge in [0.25, 0.3) is 0 Å². The van der Waals surface area contributed by atoms with Crippen LogP contribution >= 0.6 is 0 Å². The molecule has 0 saturated heterocycles. The van der Waals surface area contributed by atoms with E-state index in [0.717, 1.165) is 0 Å². The number of amides is 2. The normalized spacial score (nSPS) is 10.6. The molecule has 7 nitrogen and oxygen atoms in total. The second-order valence-electron chi connectivity index (χ2n) is 3.89. The number of aromatic nitrogens is 1. The van der Waals surface area contributed by atoms with Crippen molar-refractivity contribution in [2.75, 3.05) is 0 Å². The van der Waals surface area contributed by atoms with E-state index in [1.165, 1.54) is 12.3 Å². The zero-order valence-electron chi connectivity index (χ0n) is 10.4. The fourth-order valence-corrected chi connectivity index (χ4v) is 1.69. The predicted octanol–water partition coefficient (Wildman–Crippen LogP) is 1.18. The molecule has 2 rings (SSSR count). The van der Waals surface area contributed by atoms with Crippen molar-refractivity contribution in [1.29, 1.82) is 0 Å². The minimum atomic E-state index is -0.996.